The van der Waals surface area contributed by atoms with Gasteiger partial charge < -0.3 is 14.9 Å². The van der Waals surface area contributed by atoms with Crippen molar-refractivity contribution < 1.29 is 27.1 Å². The number of aromatic nitrogens is 3. The van der Waals surface area contributed by atoms with Gasteiger partial charge in [-0.2, -0.15) is 4.98 Å². The highest BCUT2D eigenvalue weighted by Gasteiger charge is 2.40. The normalized spacial score (nSPS) is 18.6. The first kappa shape index (κ1) is 32.3. The predicted molar refractivity (Wildman–Crippen MR) is 175 cm³/mol. The number of fused-ring (bicyclic) bond motifs is 1. The van der Waals surface area contributed by atoms with Gasteiger partial charge in [0.25, 0.3) is 0 Å². The molecule has 47 heavy (non-hydrogen) atoms. The summed E-state index contributed by atoms with van der Waals surface area (Å²) in [6.07, 6.45) is 2.19. The summed E-state index contributed by atoms with van der Waals surface area (Å²) in [7, 11) is -3.88. The van der Waals surface area contributed by atoms with Gasteiger partial charge in [-0.15, -0.1) is 0 Å². The molecule has 0 unspecified atom stereocenters. The topological polar surface area (TPSA) is 126 Å². The number of sulfone groups is 1. The van der Waals surface area contributed by atoms with Crippen LogP contribution in [0, 0.1) is 11.6 Å². The van der Waals surface area contributed by atoms with Crippen molar-refractivity contribution in [1.29, 1.82) is 0 Å². The molecule has 2 aliphatic rings. The molecule has 1 amide bonds. The van der Waals surface area contributed by atoms with Crippen LogP contribution in [-0.2, 0) is 14.6 Å². The number of phenolic OH excluding ortho intramolecular Hbond substituents is 1. The number of anilines is 1. The van der Waals surface area contributed by atoms with E-state index in [-0.39, 0.29) is 64.4 Å². The second-order valence-corrected chi connectivity index (χ2v) is 14.7. The Morgan fingerprint density at radius 3 is 2.38 bits per heavy atom. The summed E-state index contributed by atoms with van der Waals surface area (Å²) >= 11 is 0. The number of nitrogens with zero attached hydrogens (tertiary/aromatic N) is 5. The van der Waals surface area contributed by atoms with E-state index in [9.17, 15) is 23.1 Å². The van der Waals surface area contributed by atoms with Crippen molar-refractivity contribution in [3.8, 4) is 22.7 Å². The van der Waals surface area contributed by atoms with Crippen molar-refractivity contribution in [2.24, 2.45) is 0 Å². The Balaban J connectivity index is 1.70. The fraction of sp³-hybridized carbons (Fsp3) is 0.353. The van der Waals surface area contributed by atoms with Crippen molar-refractivity contribution >= 4 is 32.6 Å². The molecule has 1 N–H and O–H groups in total. The number of carbonyl (C=O) groups is 1. The van der Waals surface area contributed by atoms with Crippen molar-refractivity contribution in [2.75, 3.05) is 18.0 Å². The summed E-state index contributed by atoms with van der Waals surface area (Å²) in [6, 6.07) is 8.63. The Kier molecular flexibility index (Phi) is 8.15. The highest BCUT2D eigenvalue weighted by molar-refractivity contribution is 7.92. The molecule has 10 nitrogen and oxygen atoms in total. The fourth-order valence-corrected chi connectivity index (χ4v) is 8.19. The molecule has 2 atom stereocenters. The number of halogens is 2. The van der Waals surface area contributed by atoms with Crippen LogP contribution in [0.3, 0.4) is 0 Å². The third-order valence-corrected chi connectivity index (χ3v) is 11.2. The van der Waals surface area contributed by atoms with Crippen LogP contribution >= 0.6 is 0 Å². The highest BCUT2D eigenvalue weighted by atomic mass is 32.2. The third-order valence-electron chi connectivity index (χ3n) is 8.89. The molecule has 1 aliphatic carbocycles. The van der Waals surface area contributed by atoms with E-state index in [1.807, 2.05) is 27.7 Å². The van der Waals surface area contributed by atoms with Gasteiger partial charge in [0.05, 0.1) is 26.8 Å². The quantitative estimate of drug-likeness (QED) is 0.271. The summed E-state index contributed by atoms with van der Waals surface area (Å²) in [5, 5.41) is 10.0. The standard InChI is InChI=1S/C34H35F2N5O5S/c1-6-28(43)39-16-20(5)40(17-19(39)4)32-23-15-25(36)30(29-24(35)10-8-11-26(29)42)37-33(23)41(34(44)38-32)31-22(18(2)3)9-7-12-27(31)47(45,46)21-13-14-21/h6-12,15,18-21,42H,1,13-14,16-17H2,2-5H3/t19-,20+/m1/s1. The number of benzene rings is 2. The van der Waals surface area contributed by atoms with Crippen molar-refractivity contribution in [3.05, 3.63) is 82.8 Å². The maximum atomic E-state index is 16.1. The Morgan fingerprint density at radius 2 is 1.74 bits per heavy atom. The van der Waals surface area contributed by atoms with Crippen LogP contribution in [-0.4, -0.2) is 69.3 Å². The van der Waals surface area contributed by atoms with Crippen LogP contribution in [0.25, 0.3) is 28.0 Å². The average Bonchev–Trinajstić information content (AvgIpc) is 3.88. The van der Waals surface area contributed by atoms with Crippen LogP contribution in [0.1, 0.15) is 52.0 Å². The van der Waals surface area contributed by atoms with Gasteiger partial charge in [0.1, 0.15) is 23.1 Å². The number of pyridine rings is 1. The molecule has 4 aromatic rings. The van der Waals surface area contributed by atoms with Gasteiger partial charge in [-0.25, -0.2) is 31.5 Å². The predicted octanol–water partition coefficient (Wildman–Crippen LogP) is 5.10. The number of aromatic hydroxyl groups is 1. The number of amides is 1. The largest absolute Gasteiger partial charge is 0.507 e. The summed E-state index contributed by atoms with van der Waals surface area (Å²) in [4.78, 5) is 39.1. The lowest BCUT2D eigenvalue weighted by Crippen LogP contribution is -2.58. The lowest BCUT2D eigenvalue weighted by Gasteiger charge is -2.44. The zero-order valence-electron chi connectivity index (χ0n) is 26.4. The van der Waals surface area contributed by atoms with Crippen molar-refractivity contribution in [3.63, 3.8) is 0 Å². The van der Waals surface area contributed by atoms with Gasteiger partial charge in [0.15, 0.2) is 21.3 Å². The molecule has 1 saturated heterocycles. The third kappa shape index (κ3) is 5.45. The fourth-order valence-electron chi connectivity index (χ4n) is 6.33. The second kappa shape index (κ2) is 11.9. The molecule has 0 radical (unpaired) electrons. The number of hydrogen-bond acceptors (Lipinski definition) is 8. The van der Waals surface area contributed by atoms with E-state index >= 15 is 8.78 Å². The van der Waals surface area contributed by atoms with Gasteiger partial charge in [0.2, 0.25) is 5.91 Å². The molecule has 1 saturated carbocycles. The zero-order valence-corrected chi connectivity index (χ0v) is 27.3. The Morgan fingerprint density at radius 1 is 1.04 bits per heavy atom. The van der Waals surface area contributed by atoms with E-state index in [1.165, 1.54) is 24.3 Å². The second-order valence-electron chi connectivity index (χ2n) is 12.5. The molecule has 3 heterocycles. The number of carbonyl (C=O) groups excluding carboxylic acids is 1. The molecule has 2 aromatic carbocycles. The van der Waals surface area contributed by atoms with Gasteiger partial charge in [-0.05, 0) is 68.5 Å². The number of phenols is 1. The molecular weight excluding hydrogens is 628 g/mol. The average molecular weight is 664 g/mol. The summed E-state index contributed by atoms with van der Waals surface area (Å²) in [5.41, 5.74) is -1.54. The van der Waals surface area contributed by atoms with Crippen LogP contribution in [0.2, 0.25) is 0 Å². The number of piperazine rings is 1. The highest BCUT2D eigenvalue weighted by Crippen LogP contribution is 2.41. The van der Waals surface area contributed by atoms with Crippen LogP contribution in [0.5, 0.6) is 5.75 Å². The van der Waals surface area contributed by atoms with E-state index in [4.69, 9.17) is 0 Å². The number of para-hydroxylation sites is 1. The molecule has 1 aliphatic heterocycles. The van der Waals surface area contributed by atoms with Gasteiger partial charge in [-0.1, -0.05) is 38.6 Å². The molecule has 246 valence electrons. The van der Waals surface area contributed by atoms with Crippen LogP contribution in [0.15, 0.2) is 64.8 Å². The monoisotopic (exact) mass is 663 g/mol. The molecule has 2 aromatic heterocycles. The minimum Gasteiger partial charge on any atom is -0.507 e. The Labute approximate surface area is 270 Å². The number of hydrogen-bond donors (Lipinski definition) is 1. The van der Waals surface area contributed by atoms with Gasteiger partial charge >= 0.3 is 5.69 Å². The van der Waals surface area contributed by atoms with Gasteiger partial charge in [-0.3, -0.25) is 4.79 Å². The Hall–Kier alpha value is -4.65. The first-order valence-corrected chi connectivity index (χ1v) is 17.0. The number of rotatable bonds is 7. The van der Waals surface area contributed by atoms with Crippen LogP contribution < -0.4 is 10.6 Å². The smallest absolute Gasteiger partial charge is 0.355 e. The lowest BCUT2D eigenvalue weighted by molar-refractivity contribution is -0.128. The van der Waals surface area contributed by atoms with E-state index < -0.39 is 49.4 Å². The minimum atomic E-state index is -3.88. The van der Waals surface area contributed by atoms with E-state index in [0.717, 1.165) is 16.7 Å². The first-order chi connectivity index (χ1) is 22.3. The molecule has 2 fully saturated rings. The molecular formula is C34H35F2N5O5S. The minimum absolute atomic E-state index is 0.0501. The molecule has 0 bridgehead atoms. The molecule has 13 heteroatoms. The van der Waals surface area contributed by atoms with Crippen molar-refractivity contribution in [1.82, 2.24) is 19.4 Å². The van der Waals surface area contributed by atoms with Crippen molar-refractivity contribution in [2.45, 2.75) is 68.7 Å². The summed E-state index contributed by atoms with van der Waals surface area (Å²) < 4.78 is 59.9. The van der Waals surface area contributed by atoms with E-state index in [0.29, 0.717) is 18.4 Å². The maximum Gasteiger partial charge on any atom is 0.355 e. The zero-order chi connectivity index (χ0) is 33.9. The SMILES string of the molecule is C=CC(=O)N1C[C@H](C)N(c2nc(=O)n(-c3c(C(C)C)cccc3S(=O)(=O)C3CC3)c3nc(-c4c(O)cccc4F)c(F)cc23)C[C@H]1C. The summed E-state index contributed by atoms with van der Waals surface area (Å²) in [5.74, 6) is -2.93. The maximum absolute atomic E-state index is 16.1. The molecule has 0 spiro atoms. The first-order valence-electron chi connectivity index (χ1n) is 15.4. The van der Waals surface area contributed by atoms with Gasteiger partial charge in [0, 0.05) is 25.2 Å². The summed E-state index contributed by atoms with van der Waals surface area (Å²) in [6.45, 7) is 11.4. The Bertz CT molecular complexity index is 2090. The van der Waals surface area contributed by atoms with E-state index in [1.54, 1.807) is 21.9 Å². The molecule has 6 rings (SSSR count). The van der Waals surface area contributed by atoms with E-state index in [2.05, 4.69) is 16.5 Å². The van der Waals surface area contributed by atoms with Crippen LogP contribution in [0.4, 0.5) is 14.6 Å². The lowest BCUT2D eigenvalue weighted by atomic mass is 10.0.